The molecular weight excluding hydrogens is 309 g/mol. The van der Waals surface area contributed by atoms with E-state index >= 15 is 0 Å². The normalized spacial score (nSPS) is 21.7. The van der Waals surface area contributed by atoms with E-state index in [-0.39, 0.29) is 10.6 Å². The number of anilines is 1. The van der Waals surface area contributed by atoms with E-state index in [2.05, 4.69) is 5.32 Å². The Morgan fingerprint density at radius 3 is 2.95 bits per heavy atom. The van der Waals surface area contributed by atoms with Gasteiger partial charge in [0.05, 0.1) is 10.6 Å². The molecule has 2 N–H and O–H groups in total. The molecule has 0 aliphatic carbocycles. The van der Waals surface area contributed by atoms with Crippen LogP contribution in [0.1, 0.15) is 10.4 Å². The molecule has 1 aliphatic rings. The summed E-state index contributed by atoms with van der Waals surface area (Å²) in [5.41, 5.74) is 0.559. The molecule has 1 aromatic carbocycles. The van der Waals surface area contributed by atoms with E-state index in [1.807, 2.05) is 6.19 Å². The number of aromatic carboxylic acids is 1. The van der Waals surface area contributed by atoms with Crippen LogP contribution in [-0.4, -0.2) is 20.5 Å². The Balaban J connectivity index is 2.30. The molecule has 8 heteroatoms. The van der Waals surface area contributed by atoms with Crippen molar-refractivity contribution in [2.75, 3.05) is 5.32 Å². The van der Waals surface area contributed by atoms with E-state index in [0.717, 1.165) is 11.9 Å². The molecule has 5 nitrogen and oxygen atoms in total. The third-order valence-corrected chi connectivity index (χ3v) is 4.45. The molecule has 0 saturated carbocycles. The van der Waals surface area contributed by atoms with Gasteiger partial charge in [0.25, 0.3) is 0 Å². The minimum absolute atomic E-state index is 0.111. The lowest BCUT2D eigenvalue weighted by atomic mass is 10.2. The number of hydrogen-bond acceptors (Lipinski definition) is 5. The zero-order valence-electron chi connectivity index (χ0n) is 9.30. The minimum Gasteiger partial charge on any atom is -0.478 e. The number of rotatable bonds is 3. The van der Waals surface area contributed by atoms with Crippen molar-refractivity contribution in [3.05, 3.63) is 40.3 Å². The molecular formula is C11H7Cl2N3O2S. The summed E-state index contributed by atoms with van der Waals surface area (Å²) in [4.78, 5) is 10.9. The van der Waals surface area contributed by atoms with Crippen LogP contribution in [0, 0.1) is 11.5 Å². The summed E-state index contributed by atoms with van der Waals surface area (Å²) >= 11 is 13.3. The minimum atomic E-state index is -1.40. The van der Waals surface area contributed by atoms with Crippen molar-refractivity contribution in [3.8, 4) is 6.19 Å². The smallest absolute Gasteiger partial charge is 0.335 e. The van der Waals surface area contributed by atoms with Crippen LogP contribution in [0.5, 0.6) is 0 Å². The lowest BCUT2D eigenvalue weighted by Gasteiger charge is -2.29. The van der Waals surface area contributed by atoms with Crippen molar-refractivity contribution in [3.63, 3.8) is 0 Å². The van der Waals surface area contributed by atoms with Crippen LogP contribution in [-0.2, 0) is 0 Å². The summed E-state index contributed by atoms with van der Waals surface area (Å²) < 4.78 is 1.17. The van der Waals surface area contributed by atoms with E-state index in [4.69, 9.17) is 33.6 Å². The molecule has 98 valence electrons. The van der Waals surface area contributed by atoms with Crippen molar-refractivity contribution in [2.45, 2.75) is 5.12 Å². The summed E-state index contributed by atoms with van der Waals surface area (Å²) in [7, 11) is 0. The topological polar surface area (TPSA) is 76.4 Å². The molecule has 0 spiro atoms. The standard InChI is InChI=1S/C11H7Cl2N3O2S/c12-9-5-19-16(6-14)11(9,13)15-8-3-1-2-7(4-8)10(17)18/h1-5,15H,(H,17,18). The number of nitrogens with zero attached hydrogens (tertiary/aromatic N) is 2. The number of nitriles is 1. The molecule has 0 radical (unpaired) electrons. The maximum Gasteiger partial charge on any atom is 0.335 e. The van der Waals surface area contributed by atoms with Gasteiger partial charge in [-0.05, 0) is 30.1 Å². The largest absolute Gasteiger partial charge is 0.478 e. The fraction of sp³-hybridized carbons (Fsp3) is 0.0909. The predicted molar refractivity (Wildman–Crippen MR) is 74.6 cm³/mol. The molecule has 0 saturated heterocycles. The first kappa shape index (κ1) is 13.9. The number of halogens is 2. The van der Waals surface area contributed by atoms with Gasteiger partial charge in [-0.3, -0.25) is 0 Å². The lowest BCUT2D eigenvalue weighted by molar-refractivity contribution is 0.0697. The van der Waals surface area contributed by atoms with E-state index in [1.54, 1.807) is 12.1 Å². The van der Waals surface area contributed by atoms with Crippen LogP contribution in [0.15, 0.2) is 34.7 Å². The van der Waals surface area contributed by atoms with E-state index in [9.17, 15) is 4.79 Å². The summed E-state index contributed by atoms with van der Waals surface area (Å²) in [6, 6.07) is 6.08. The number of carbonyl (C=O) groups is 1. The maximum absolute atomic E-state index is 10.9. The summed E-state index contributed by atoms with van der Waals surface area (Å²) in [5.74, 6) is -1.05. The molecule has 0 amide bonds. The first-order valence-electron chi connectivity index (χ1n) is 5.00. The summed E-state index contributed by atoms with van der Waals surface area (Å²) in [6.45, 7) is 0. The van der Waals surface area contributed by atoms with Gasteiger partial charge in [-0.15, -0.1) is 0 Å². The Bertz CT molecular complexity index is 602. The monoisotopic (exact) mass is 315 g/mol. The van der Waals surface area contributed by atoms with Gasteiger partial charge in [0.1, 0.15) is 0 Å². The third-order valence-electron chi connectivity index (χ3n) is 2.37. The second kappa shape index (κ2) is 5.21. The van der Waals surface area contributed by atoms with Crippen molar-refractivity contribution >= 4 is 46.8 Å². The molecule has 1 unspecified atom stereocenters. The summed E-state index contributed by atoms with van der Waals surface area (Å²) in [6.07, 6.45) is 1.89. The number of alkyl halides is 1. The first-order valence-corrected chi connectivity index (χ1v) is 6.60. The van der Waals surface area contributed by atoms with Crippen LogP contribution in [0.3, 0.4) is 0 Å². The molecule has 1 atom stereocenters. The van der Waals surface area contributed by atoms with Gasteiger partial charge in [-0.25, -0.2) is 9.10 Å². The maximum atomic E-state index is 10.9. The van der Waals surface area contributed by atoms with Gasteiger partial charge >= 0.3 is 5.97 Å². The van der Waals surface area contributed by atoms with Gasteiger partial charge in [0.15, 0.2) is 6.19 Å². The van der Waals surface area contributed by atoms with Gasteiger partial charge in [0, 0.05) is 11.1 Å². The average Bonchev–Trinajstić information content (AvgIpc) is 2.65. The van der Waals surface area contributed by atoms with E-state index < -0.39 is 11.1 Å². The Morgan fingerprint density at radius 1 is 1.58 bits per heavy atom. The fourth-order valence-electron chi connectivity index (χ4n) is 1.47. The zero-order valence-corrected chi connectivity index (χ0v) is 11.6. The Morgan fingerprint density at radius 2 is 2.32 bits per heavy atom. The molecule has 19 heavy (non-hydrogen) atoms. The molecule has 1 aromatic rings. The molecule has 1 aliphatic heterocycles. The zero-order chi connectivity index (χ0) is 14.0. The van der Waals surface area contributed by atoms with Crippen LogP contribution < -0.4 is 5.32 Å². The highest BCUT2D eigenvalue weighted by Gasteiger charge is 2.43. The molecule has 0 aromatic heterocycles. The number of carboxylic acids is 1. The Kier molecular flexibility index (Phi) is 3.80. The van der Waals surface area contributed by atoms with Gasteiger partial charge in [-0.2, -0.15) is 5.26 Å². The highest BCUT2D eigenvalue weighted by molar-refractivity contribution is 8.00. The van der Waals surface area contributed by atoms with Crippen LogP contribution in [0.2, 0.25) is 0 Å². The van der Waals surface area contributed by atoms with E-state index in [0.29, 0.717) is 5.69 Å². The van der Waals surface area contributed by atoms with Gasteiger partial charge in [-0.1, -0.05) is 29.3 Å². The SMILES string of the molecule is N#CN1SC=C(Cl)C1(Cl)Nc1cccc(C(=O)O)c1. The molecule has 1 heterocycles. The second-order valence-corrected chi connectivity index (χ2v) is 5.36. The predicted octanol–water partition coefficient (Wildman–Crippen LogP) is 3.21. The lowest BCUT2D eigenvalue weighted by Crippen LogP contribution is -2.41. The van der Waals surface area contributed by atoms with E-state index in [1.165, 1.54) is 21.8 Å². The number of nitrogens with one attached hydrogen (secondary N) is 1. The second-order valence-electron chi connectivity index (χ2n) is 3.60. The average molecular weight is 316 g/mol. The molecule has 0 fully saturated rings. The van der Waals surface area contributed by atoms with Crippen LogP contribution in [0.4, 0.5) is 5.69 Å². The number of benzene rings is 1. The van der Waals surface area contributed by atoms with Gasteiger partial charge in [0.2, 0.25) is 5.12 Å². The molecule has 2 rings (SSSR count). The van der Waals surface area contributed by atoms with Gasteiger partial charge < -0.3 is 10.4 Å². The number of carboxylic acid groups (broad SMARTS) is 1. The highest BCUT2D eigenvalue weighted by atomic mass is 35.5. The highest BCUT2D eigenvalue weighted by Crippen LogP contribution is 2.44. The Labute approximate surface area is 123 Å². The summed E-state index contributed by atoms with van der Waals surface area (Å²) in [5, 5.41) is 21.1. The fourth-order valence-corrected chi connectivity index (χ4v) is 2.86. The van der Waals surface area contributed by atoms with Crippen molar-refractivity contribution in [2.24, 2.45) is 0 Å². The van der Waals surface area contributed by atoms with Crippen molar-refractivity contribution in [1.82, 2.24) is 4.31 Å². The molecule has 0 bridgehead atoms. The van der Waals surface area contributed by atoms with Crippen molar-refractivity contribution in [1.29, 1.82) is 5.26 Å². The van der Waals surface area contributed by atoms with Crippen molar-refractivity contribution < 1.29 is 9.90 Å². The first-order chi connectivity index (χ1) is 8.97. The Hall–Kier alpha value is -1.55. The van der Waals surface area contributed by atoms with Crippen LogP contribution in [0.25, 0.3) is 0 Å². The van der Waals surface area contributed by atoms with Crippen LogP contribution >= 0.6 is 35.1 Å². The third kappa shape index (κ3) is 2.59. The number of hydrogen-bond donors (Lipinski definition) is 2. The quantitative estimate of drug-likeness (QED) is 0.386.